The lowest BCUT2D eigenvalue weighted by Crippen LogP contribution is -2.19. The van der Waals surface area contributed by atoms with Crippen molar-refractivity contribution >= 4 is 79.6 Å². The van der Waals surface area contributed by atoms with Gasteiger partial charge in [0.15, 0.2) is 21.0 Å². The first-order valence-corrected chi connectivity index (χ1v) is 13.1. The fourth-order valence-corrected chi connectivity index (χ4v) is 4.14. The van der Waals surface area contributed by atoms with Crippen LogP contribution in [0.25, 0.3) is 0 Å². The minimum atomic E-state index is -4.49. The Labute approximate surface area is 249 Å². The number of hydrogen-bond donors (Lipinski definition) is 1. The number of ether oxygens (including phenoxy) is 1. The van der Waals surface area contributed by atoms with Crippen molar-refractivity contribution in [2.24, 2.45) is 0 Å². The molecule has 1 aromatic carbocycles. The normalized spacial score (nSPS) is 11.4. The topological polar surface area (TPSA) is 112 Å². The molecule has 0 unspecified atom stereocenters. The molecule has 38 heavy (non-hydrogen) atoms. The fraction of sp³-hybridized carbons (Fsp3) is 0.250. The Hall–Kier alpha value is -1.65. The van der Waals surface area contributed by atoms with Gasteiger partial charge in [0.05, 0.1) is 0 Å². The zero-order chi connectivity index (χ0) is 28.7. The smallest absolute Gasteiger partial charge is 0.408 e. The average molecular weight is 876 g/mol. The van der Waals surface area contributed by atoms with E-state index >= 15 is 0 Å². The van der Waals surface area contributed by atoms with E-state index in [4.69, 9.17) is 4.74 Å². The molecule has 0 spiro atoms. The average Bonchev–Trinajstić information content (AvgIpc) is 3.40. The second-order valence-corrected chi connectivity index (χ2v) is 9.87. The zero-order valence-corrected chi connectivity index (χ0v) is 25.7. The van der Waals surface area contributed by atoms with Crippen molar-refractivity contribution in [1.82, 2.24) is 44.7 Å². The van der Waals surface area contributed by atoms with Crippen LogP contribution in [0.3, 0.4) is 0 Å². The number of aromatic amines is 1. The maximum atomic E-state index is 13.3. The van der Waals surface area contributed by atoms with E-state index in [-0.39, 0.29) is 20.0 Å². The summed E-state index contributed by atoms with van der Waals surface area (Å²) < 4.78 is 93.2. The molecule has 4 aromatic rings. The minimum Gasteiger partial charge on any atom is -0.421 e. The highest BCUT2D eigenvalue weighted by atomic mass is 79.9. The van der Waals surface area contributed by atoms with E-state index in [9.17, 15) is 30.7 Å². The third kappa shape index (κ3) is 12.0. The molecule has 22 heteroatoms. The molecule has 0 fully saturated rings. The lowest BCUT2D eigenvalue weighted by molar-refractivity contribution is -0.144. The van der Waals surface area contributed by atoms with Crippen LogP contribution in [0.15, 0.2) is 47.9 Å². The Morgan fingerprint density at radius 1 is 0.763 bits per heavy atom. The van der Waals surface area contributed by atoms with E-state index in [1.54, 1.807) is 0 Å². The molecule has 0 aliphatic heterocycles. The highest BCUT2D eigenvalue weighted by molar-refractivity contribution is 9.11. The lowest BCUT2D eigenvalue weighted by Gasteiger charge is -2.09. The predicted molar refractivity (Wildman–Crippen MR) is 134 cm³/mol. The molecule has 0 saturated heterocycles. The van der Waals surface area contributed by atoms with E-state index in [1.807, 2.05) is 0 Å². The Kier molecular flexibility index (Phi) is 12.1. The van der Waals surface area contributed by atoms with E-state index < -0.39 is 37.3 Å². The summed E-state index contributed by atoms with van der Waals surface area (Å²) in [6.07, 6.45) is -8.77. The summed E-state index contributed by atoms with van der Waals surface area (Å²) in [7, 11) is 0. The van der Waals surface area contributed by atoms with Gasteiger partial charge in [-0.2, -0.15) is 41.3 Å². The van der Waals surface area contributed by atoms with Crippen molar-refractivity contribution in [3.8, 4) is 11.8 Å². The van der Waals surface area contributed by atoms with E-state index in [2.05, 4.69) is 115 Å². The monoisotopic (exact) mass is 871 g/mol. The summed E-state index contributed by atoms with van der Waals surface area (Å²) in [5.74, 6) is -0.939. The molecular formula is C16H9Br5F7N9O. The Morgan fingerprint density at radius 3 is 1.76 bits per heavy atom. The van der Waals surface area contributed by atoms with Crippen molar-refractivity contribution in [3.63, 3.8) is 0 Å². The number of hydrogen-bond acceptors (Lipinski definition) is 7. The SMILES string of the molecule is Brc1n[nH]c(Br)n1.FC(F)(F)Cn1nc(Br)nc1Br.Fc1ccccc1Oc1nc(Br)nn1CC(F)(F)F. The van der Waals surface area contributed by atoms with E-state index in [0.717, 1.165) is 6.07 Å². The Bertz CT molecular complexity index is 1310. The molecule has 208 valence electrons. The van der Waals surface area contributed by atoms with Gasteiger partial charge in [0, 0.05) is 0 Å². The number of nitrogens with one attached hydrogen (secondary N) is 1. The summed E-state index contributed by atoms with van der Waals surface area (Å²) >= 11 is 14.6. The molecule has 0 amide bonds. The third-order valence-corrected chi connectivity index (χ3v) is 5.31. The molecule has 0 atom stereocenters. The zero-order valence-electron chi connectivity index (χ0n) is 17.7. The molecular weight excluding hydrogens is 867 g/mol. The Morgan fingerprint density at radius 2 is 1.32 bits per heavy atom. The summed E-state index contributed by atoms with van der Waals surface area (Å²) in [5, 5.41) is 13.2. The summed E-state index contributed by atoms with van der Waals surface area (Å²) in [5.41, 5.74) is 0. The number of alkyl halides is 6. The van der Waals surface area contributed by atoms with Crippen molar-refractivity contribution in [1.29, 1.82) is 0 Å². The maximum absolute atomic E-state index is 13.3. The molecule has 0 aliphatic rings. The molecule has 0 radical (unpaired) electrons. The van der Waals surface area contributed by atoms with Gasteiger partial charge >= 0.3 is 18.4 Å². The molecule has 4 rings (SSSR count). The number of aromatic nitrogens is 9. The van der Waals surface area contributed by atoms with Gasteiger partial charge in [0.2, 0.25) is 14.2 Å². The lowest BCUT2D eigenvalue weighted by atomic mass is 10.3. The van der Waals surface area contributed by atoms with Crippen LogP contribution < -0.4 is 4.74 Å². The van der Waals surface area contributed by atoms with Crippen LogP contribution in [0.2, 0.25) is 0 Å². The minimum absolute atomic E-state index is 0.0479. The molecule has 10 nitrogen and oxygen atoms in total. The fourth-order valence-electron chi connectivity index (χ4n) is 2.07. The molecule has 3 heterocycles. The van der Waals surface area contributed by atoms with Crippen LogP contribution in [0.5, 0.6) is 11.8 Å². The third-order valence-electron chi connectivity index (χ3n) is 3.34. The molecule has 0 bridgehead atoms. The number of benzene rings is 1. The molecule has 1 N–H and O–H groups in total. The summed E-state index contributed by atoms with van der Waals surface area (Å²) in [6, 6.07) is 4.86. The van der Waals surface area contributed by atoms with E-state index in [0.29, 0.717) is 18.8 Å². The highest BCUT2D eigenvalue weighted by Crippen LogP contribution is 2.26. The summed E-state index contributed by atoms with van der Waals surface area (Å²) in [6.45, 7) is -2.53. The van der Waals surface area contributed by atoms with Gasteiger partial charge in [0.1, 0.15) is 13.1 Å². The van der Waals surface area contributed by atoms with Crippen molar-refractivity contribution in [2.45, 2.75) is 25.4 Å². The van der Waals surface area contributed by atoms with Gasteiger partial charge in [-0.3, -0.25) is 5.10 Å². The molecule has 3 aromatic heterocycles. The van der Waals surface area contributed by atoms with Gasteiger partial charge in [0.25, 0.3) is 0 Å². The van der Waals surface area contributed by atoms with Crippen molar-refractivity contribution in [2.75, 3.05) is 0 Å². The second kappa shape index (κ2) is 14.1. The molecule has 0 saturated carbocycles. The number of halogens is 12. The van der Waals surface area contributed by atoms with Gasteiger partial charge in [-0.05, 0) is 91.8 Å². The van der Waals surface area contributed by atoms with Crippen LogP contribution in [0.4, 0.5) is 30.7 Å². The quantitative estimate of drug-likeness (QED) is 0.216. The number of H-pyrrole nitrogens is 1. The number of rotatable bonds is 4. The predicted octanol–water partition coefficient (Wildman–Crippen LogP) is 7.23. The second-order valence-electron chi connectivity index (χ2n) is 6.29. The standard InChI is InChI=1S/C10H6BrF4N3O.C4H2Br2F3N3.C2HBr2N3/c11-8-16-9(18(17-8)5-10(13,14)15)19-7-4-2-1-3-6(7)12;5-2-10-3(6)12(11-2)1-4(7,8)9;3-1-5-2(4)7-6-1/h1-4H,5H2;1H2;(H,5,6,7). The summed E-state index contributed by atoms with van der Waals surface area (Å²) in [4.78, 5) is 11.0. The first-order valence-electron chi connectivity index (χ1n) is 9.18. The number of para-hydroxylation sites is 1. The van der Waals surface area contributed by atoms with Crippen LogP contribution in [0.1, 0.15) is 0 Å². The van der Waals surface area contributed by atoms with Gasteiger partial charge < -0.3 is 4.74 Å². The van der Waals surface area contributed by atoms with Gasteiger partial charge in [-0.25, -0.2) is 13.8 Å². The first-order chi connectivity index (χ1) is 17.5. The van der Waals surface area contributed by atoms with Crippen LogP contribution in [-0.4, -0.2) is 57.1 Å². The van der Waals surface area contributed by atoms with Gasteiger partial charge in [-0.15, -0.1) is 15.3 Å². The van der Waals surface area contributed by atoms with Crippen molar-refractivity contribution in [3.05, 3.63) is 53.8 Å². The van der Waals surface area contributed by atoms with E-state index in [1.165, 1.54) is 18.2 Å². The largest absolute Gasteiger partial charge is 0.421 e. The van der Waals surface area contributed by atoms with Gasteiger partial charge in [-0.1, -0.05) is 12.1 Å². The van der Waals surface area contributed by atoms with Crippen molar-refractivity contribution < 1.29 is 35.5 Å². The van der Waals surface area contributed by atoms with Crippen LogP contribution >= 0.6 is 79.6 Å². The maximum Gasteiger partial charge on any atom is 0.408 e. The molecule has 0 aliphatic carbocycles. The van der Waals surface area contributed by atoms with Crippen LogP contribution in [-0.2, 0) is 13.1 Å². The number of nitrogens with zero attached hydrogens (tertiary/aromatic N) is 8. The highest BCUT2D eigenvalue weighted by Gasteiger charge is 2.31. The first kappa shape index (κ1) is 32.6. The Balaban J connectivity index is 0.000000226. The van der Waals surface area contributed by atoms with Crippen LogP contribution in [0, 0.1) is 5.82 Å².